The van der Waals surface area contributed by atoms with Gasteiger partial charge in [-0.1, -0.05) is 35.3 Å². The molecule has 1 heterocycles. The smallest absolute Gasteiger partial charge is 0.257 e. The van der Waals surface area contributed by atoms with Gasteiger partial charge in [0.2, 0.25) is 0 Å². The van der Waals surface area contributed by atoms with Crippen LogP contribution in [0.25, 0.3) is 0 Å². The maximum atomic E-state index is 12.5. The zero-order valence-corrected chi connectivity index (χ0v) is 15.0. The molecule has 0 unspecified atom stereocenters. The number of benzene rings is 2. The minimum absolute atomic E-state index is 0.287. The van der Waals surface area contributed by atoms with Crippen LogP contribution in [0.1, 0.15) is 10.4 Å². The maximum Gasteiger partial charge on any atom is 0.257 e. The maximum absolute atomic E-state index is 12.5. The third-order valence-electron chi connectivity index (χ3n) is 3.29. The Bertz CT molecular complexity index is 895. The van der Waals surface area contributed by atoms with Crippen molar-refractivity contribution in [2.24, 2.45) is 7.05 Å². The van der Waals surface area contributed by atoms with E-state index in [9.17, 15) is 4.79 Å². The van der Waals surface area contributed by atoms with Crippen LogP contribution in [-0.2, 0) is 7.05 Å². The van der Waals surface area contributed by atoms with Gasteiger partial charge in [-0.25, -0.2) is 4.98 Å². The number of amides is 1. The molecule has 3 aromatic rings. The lowest BCUT2D eigenvalue weighted by Crippen LogP contribution is -2.13. The van der Waals surface area contributed by atoms with Crippen molar-refractivity contribution in [1.82, 2.24) is 9.55 Å². The molecule has 1 aromatic heterocycles. The van der Waals surface area contributed by atoms with Gasteiger partial charge in [0.1, 0.15) is 0 Å². The second kappa shape index (κ2) is 7.30. The molecule has 0 radical (unpaired) electrons. The van der Waals surface area contributed by atoms with E-state index < -0.39 is 0 Å². The molecular weight excluding hydrogens is 365 g/mol. The number of halogens is 2. The molecule has 0 aliphatic carbocycles. The number of anilines is 1. The SMILES string of the molecule is Cn1ccnc1Sc1ccc(Cl)cc1NC(=O)c1ccccc1Cl. The fourth-order valence-corrected chi connectivity index (χ4v) is 3.34. The highest BCUT2D eigenvalue weighted by molar-refractivity contribution is 7.99. The Morgan fingerprint density at radius 1 is 1.21 bits per heavy atom. The van der Waals surface area contributed by atoms with E-state index in [1.807, 2.05) is 23.9 Å². The van der Waals surface area contributed by atoms with E-state index in [0.29, 0.717) is 21.3 Å². The van der Waals surface area contributed by atoms with Crippen molar-refractivity contribution in [3.05, 3.63) is 70.5 Å². The Morgan fingerprint density at radius 3 is 2.71 bits per heavy atom. The van der Waals surface area contributed by atoms with Crippen molar-refractivity contribution in [3.8, 4) is 0 Å². The van der Waals surface area contributed by atoms with Crippen LogP contribution in [0.2, 0.25) is 10.0 Å². The summed E-state index contributed by atoms with van der Waals surface area (Å²) in [5, 5.41) is 4.62. The molecule has 0 aliphatic rings. The minimum atomic E-state index is -0.287. The van der Waals surface area contributed by atoms with Crippen molar-refractivity contribution in [2.45, 2.75) is 10.1 Å². The van der Waals surface area contributed by atoms with Crippen molar-refractivity contribution < 1.29 is 4.79 Å². The molecule has 0 aliphatic heterocycles. The van der Waals surface area contributed by atoms with Crippen LogP contribution in [0.15, 0.2) is 64.9 Å². The summed E-state index contributed by atoms with van der Waals surface area (Å²) in [6, 6.07) is 12.2. The number of nitrogens with one attached hydrogen (secondary N) is 1. The Labute approximate surface area is 153 Å². The van der Waals surface area contributed by atoms with Gasteiger partial charge in [-0.15, -0.1) is 0 Å². The second-order valence-corrected chi connectivity index (χ2v) is 6.85. The average Bonchev–Trinajstić information content (AvgIpc) is 2.95. The standard InChI is InChI=1S/C17H13Cl2N3OS/c1-22-9-8-20-17(22)24-15-7-6-11(18)10-14(15)21-16(23)12-4-2-3-5-13(12)19/h2-10H,1H3,(H,21,23). The summed E-state index contributed by atoms with van der Waals surface area (Å²) in [7, 11) is 1.91. The summed E-state index contributed by atoms with van der Waals surface area (Å²) in [5.74, 6) is -0.287. The zero-order chi connectivity index (χ0) is 17.1. The molecule has 1 amide bonds. The van der Waals surface area contributed by atoms with E-state index in [0.717, 1.165) is 10.1 Å². The van der Waals surface area contributed by atoms with Crippen LogP contribution in [0, 0.1) is 0 Å². The number of rotatable bonds is 4. The summed E-state index contributed by atoms with van der Waals surface area (Å²) < 4.78 is 1.90. The molecule has 2 aromatic carbocycles. The number of hydrogen-bond donors (Lipinski definition) is 1. The fraction of sp³-hybridized carbons (Fsp3) is 0.0588. The molecule has 24 heavy (non-hydrogen) atoms. The largest absolute Gasteiger partial charge is 0.329 e. The molecule has 0 saturated carbocycles. The molecule has 7 heteroatoms. The lowest BCUT2D eigenvalue weighted by Gasteiger charge is -2.12. The normalized spacial score (nSPS) is 10.6. The molecule has 3 rings (SSSR count). The Kier molecular flexibility index (Phi) is 5.14. The lowest BCUT2D eigenvalue weighted by atomic mass is 10.2. The van der Waals surface area contributed by atoms with Gasteiger partial charge >= 0.3 is 0 Å². The predicted octanol–water partition coefficient (Wildman–Crippen LogP) is 5.13. The van der Waals surface area contributed by atoms with Gasteiger partial charge in [-0.05, 0) is 42.1 Å². The van der Waals surface area contributed by atoms with Crippen molar-refractivity contribution in [2.75, 3.05) is 5.32 Å². The topological polar surface area (TPSA) is 46.9 Å². The number of carbonyl (C=O) groups is 1. The second-order valence-electron chi connectivity index (χ2n) is 5.00. The van der Waals surface area contributed by atoms with Gasteiger partial charge in [0.15, 0.2) is 5.16 Å². The summed E-state index contributed by atoms with van der Waals surface area (Å²) in [5.41, 5.74) is 1.02. The molecule has 4 nitrogen and oxygen atoms in total. The van der Waals surface area contributed by atoms with Gasteiger partial charge < -0.3 is 9.88 Å². The van der Waals surface area contributed by atoms with Crippen LogP contribution in [-0.4, -0.2) is 15.5 Å². The van der Waals surface area contributed by atoms with Crippen LogP contribution in [0.3, 0.4) is 0 Å². The summed E-state index contributed by atoms with van der Waals surface area (Å²) in [4.78, 5) is 17.6. The van der Waals surface area contributed by atoms with Crippen LogP contribution < -0.4 is 5.32 Å². The molecule has 1 N–H and O–H groups in total. The van der Waals surface area contributed by atoms with Crippen molar-refractivity contribution >= 4 is 46.6 Å². The highest BCUT2D eigenvalue weighted by Gasteiger charge is 2.14. The molecule has 0 atom stereocenters. The van der Waals surface area contributed by atoms with Crippen molar-refractivity contribution in [3.63, 3.8) is 0 Å². The van der Waals surface area contributed by atoms with Crippen LogP contribution in [0.5, 0.6) is 0 Å². The van der Waals surface area contributed by atoms with E-state index in [1.54, 1.807) is 42.6 Å². The number of carbonyl (C=O) groups excluding carboxylic acids is 1. The third kappa shape index (κ3) is 3.75. The summed E-state index contributed by atoms with van der Waals surface area (Å²) in [6.45, 7) is 0. The molecule has 0 bridgehead atoms. The number of nitrogens with zero attached hydrogens (tertiary/aromatic N) is 2. The summed E-state index contributed by atoms with van der Waals surface area (Å²) >= 11 is 13.6. The van der Waals surface area contributed by atoms with E-state index in [4.69, 9.17) is 23.2 Å². The first-order chi connectivity index (χ1) is 11.5. The van der Waals surface area contributed by atoms with Crippen molar-refractivity contribution in [1.29, 1.82) is 0 Å². The summed E-state index contributed by atoms with van der Waals surface area (Å²) in [6.07, 6.45) is 3.58. The Morgan fingerprint density at radius 2 is 2.00 bits per heavy atom. The van der Waals surface area contributed by atoms with Gasteiger partial charge in [0, 0.05) is 29.4 Å². The monoisotopic (exact) mass is 377 g/mol. The number of aromatic nitrogens is 2. The van der Waals surface area contributed by atoms with Crippen LogP contribution >= 0.6 is 35.0 Å². The Hall–Kier alpha value is -1.95. The first kappa shape index (κ1) is 16.9. The minimum Gasteiger partial charge on any atom is -0.329 e. The van der Waals surface area contributed by atoms with E-state index >= 15 is 0 Å². The quantitative estimate of drug-likeness (QED) is 0.685. The Balaban J connectivity index is 1.90. The van der Waals surface area contributed by atoms with E-state index in [1.165, 1.54) is 11.8 Å². The zero-order valence-electron chi connectivity index (χ0n) is 12.7. The highest BCUT2D eigenvalue weighted by atomic mass is 35.5. The first-order valence-corrected chi connectivity index (χ1v) is 8.62. The first-order valence-electron chi connectivity index (χ1n) is 7.05. The molecular formula is C17H13Cl2N3OS. The molecule has 0 fully saturated rings. The predicted molar refractivity (Wildman–Crippen MR) is 98.2 cm³/mol. The molecule has 0 spiro atoms. The van der Waals surface area contributed by atoms with Crippen LogP contribution in [0.4, 0.5) is 5.69 Å². The number of aryl methyl sites for hydroxylation is 1. The van der Waals surface area contributed by atoms with E-state index in [2.05, 4.69) is 10.3 Å². The fourth-order valence-electron chi connectivity index (χ4n) is 2.07. The lowest BCUT2D eigenvalue weighted by molar-refractivity contribution is 0.102. The highest BCUT2D eigenvalue weighted by Crippen LogP contribution is 2.34. The van der Waals surface area contributed by atoms with E-state index in [-0.39, 0.29) is 5.91 Å². The molecule has 0 saturated heterocycles. The van der Waals surface area contributed by atoms with Gasteiger partial charge in [-0.3, -0.25) is 4.79 Å². The number of imidazole rings is 1. The third-order valence-corrected chi connectivity index (χ3v) is 5.00. The molecule has 122 valence electrons. The van der Waals surface area contributed by atoms with Gasteiger partial charge in [0.25, 0.3) is 5.91 Å². The average molecular weight is 378 g/mol. The van der Waals surface area contributed by atoms with Gasteiger partial charge in [-0.2, -0.15) is 0 Å². The van der Waals surface area contributed by atoms with Gasteiger partial charge in [0.05, 0.1) is 16.3 Å². The number of hydrogen-bond acceptors (Lipinski definition) is 3.